The zero-order valence-electron chi connectivity index (χ0n) is 12.0. The Hall–Kier alpha value is -1.12. The van der Waals surface area contributed by atoms with E-state index in [0.29, 0.717) is 12.0 Å². The van der Waals surface area contributed by atoms with Crippen LogP contribution in [-0.4, -0.2) is 6.54 Å². The van der Waals surface area contributed by atoms with Crippen molar-refractivity contribution < 1.29 is 0 Å². The Labute approximate surface area is 120 Å². The maximum Gasteiger partial charge on any atom is 0.0438 e. The standard InChI is InChI=1S/C17H23NS/c1-13(2)17(16-9-6-12-19-16)18-11-10-15-8-5-4-7-14(15)3/h4-9,12-13,17-18H,10-11H2,1-3H3. The molecule has 1 aromatic heterocycles. The van der Waals surface area contributed by atoms with Crippen LogP contribution in [0.15, 0.2) is 41.8 Å². The van der Waals surface area contributed by atoms with Gasteiger partial charge in [-0.1, -0.05) is 44.2 Å². The minimum Gasteiger partial charge on any atom is -0.309 e. The zero-order chi connectivity index (χ0) is 13.7. The molecule has 1 N–H and O–H groups in total. The molecule has 0 amide bonds. The minimum absolute atomic E-state index is 0.476. The summed E-state index contributed by atoms with van der Waals surface area (Å²) < 4.78 is 0. The lowest BCUT2D eigenvalue weighted by Gasteiger charge is -2.21. The molecule has 0 aliphatic rings. The molecule has 0 fully saturated rings. The molecule has 0 bridgehead atoms. The molecule has 1 atom stereocenters. The maximum atomic E-state index is 3.71. The van der Waals surface area contributed by atoms with Crippen LogP contribution in [0.5, 0.6) is 0 Å². The Morgan fingerprint density at radius 3 is 2.53 bits per heavy atom. The van der Waals surface area contributed by atoms with Crippen molar-refractivity contribution in [3.8, 4) is 0 Å². The predicted octanol–water partition coefficient (Wildman–Crippen LogP) is 4.59. The van der Waals surface area contributed by atoms with E-state index in [1.54, 1.807) is 0 Å². The highest BCUT2D eigenvalue weighted by atomic mass is 32.1. The van der Waals surface area contributed by atoms with Crippen LogP contribution in [0, 0.1) is 12.8 Å². The molecule has 2 aromatic rings. The van der Waals surface area contributed by atoms with Gasteiger partial charge in [0.15, 0.2) is 0 Å². The van der Waals surface area contributed by atoms with Crippen molar-refractivity contribution in [1.82, 2.24) is 5.32 Å². The summed E-state index contributed by atoms with van der Waals surface area (Å²) in [7, 11) is 0. The molecule has 0 aliphatic carbocycles. The molecule has 0 saturated carbocycles. The van der Waals surface area contributed by atoms with Gasteiger partial charge in [0.1, 0.15) is 0 Å². The van der Waals surface area contributed by atoms with Gasteiger partial charge in [-0.3, -0.25) is 0 Å². The first-order valence-corrected chi connectivity index (χ1v) is 7.87. The summed E-state index contributed by atoms with van der Waals surface area (Å²) in [6.45, 7) is 7.79. The summed E-state index contributed by atoms with van der Waals surface area (Å²) in [5, 5.41) is 5.87. The number of hydrogen-bond acceptors (Lipinski definition) is 2. The second-order valence-electron chi connectivity index (χ2n) is 5.37. The minimum atomic E-state index is 0.476. The molecule has 1 unspecified atom stereocenters. The first-order valence-electron chi connectivity index (χ1n) is 7.00. The average molecular weight is 273 g/mol. The van der Waals surface area contributed by atoms with Crippen molar-refractivity contribution in [3.63, 3.8) is 0 Å². The molecule has 2 rings (SSSR count). The second-order valence-corrected chi connectivity index (χ2v) is 6.35. The van der Waals surface area contributed by atoms with Crippen LogP contribution in [0.1, 0.15) is 35.9 Å². The first kappa shape index (κ1) is 14.3. The lowest BCUT2D eigenvalue weighted by molar-refractivity contribution is 0.420. The Morgan fingerprint density at radius 1 is 1.11 bits per heavy atom. The Bertz CT molecular complexity index is 488. The normalized spacial score (nSPS) is 12.8. The van der Waals surface area contributed by atoms with Crippen molar-refractivity contribution in [1.29, 1.82) is 0 Å². The van der Waals surface area contributed by atoms with Crippen LogP contribution in [-0.2, 0) is 6.42 Å². The molecule has 2 heteroatoms. The quantitative estimate of drug-likeness (QED) is 0.812. The van der Waals surface area contributed by atoms with E-state index in [1.807, 2.05) is 11.3 Å². The van der Waals surface area contributed by atoms with Crippen molar-refractivity contribution in [2.45, 2.75) is 33.2 Å². The van der Waals surface area contributed by atoms with Crippen LogP contribution in [0.25, 0.3) is 0 Å². The SMILES string of the molecule is Cc1ccccc1CCNC(c1cccs1)C(C)C. The van der Waals surface area contributed by atoms with Gasteiger partial charge >= 0.3 is 0 Å². The van der Waals surface area contributed by atoms with Gasteiger partial charge in [0, 0.05) is 10.9 Å². The molecule has 1 nitrogen and oxygen atoms in total. The highest BCUT2D eigenvalue weighted by Gasteiger charge is 2.15. The fourth-order valence-corrected chi connectivity index (χ4v) is 3.36. The lowest BCUT2D eigenvalue weighted by atomic mass is 10.0. The number of thiophene rings is 1. The zero-order valence-corrected chi connectivity index (χ0v) is 12.8. The Kier molecular flexibility index (Phi) is 5.17. The lowest BCUT2D eigenvalue weighted by Crippen LogP contribution is -2.27. The third-order valence-electron chi connectivity index (χ3n) is 3.54. The molecule has 0 aliphatic heterocycles. The second kappa shape index (κ2) is 6.88. The van der Waals surface area contributed by atoms with Crippen LogP contribution >= 0.6 is 11.3 Å². The van der Waals surface area contributed by atoms with Crippen molar-refractivity contribution in [3.05, 3.63) is 57.8 Å². The predicted molar refractivity (Wildman–Crippen MR) is 84.8 cm³/mol. The summed E-state index contributed by atoms with van der Waals surface area (Å²) >= 11 is 1.85. The van der Waals surface area contributed by atoms with Crippen LogP contribution < -0.4 is 5.32 Å². The van der Waals surface area contributed by atoms with E-state index >= 15 is 0 Å². The molecule has 19 heavy (non-hydrogen) atoms. The van der Waals surface area contributed by atoms with Crippen molar-refractivity contribution in [2.75, 3.05) is 6.54 Å². The van der Waals surface area contributed by atoms with E-state index in [0.717, 1.165) is 13.0 Å². The van der Waals surface area contributed by atoms with E-state index in [9.17, 15) is 0 Å². The summed E-state index contributed by atoms with van der Waals surface area (Å²) in [5.74, 6) is 0.621. The fourth-order valence-electron chi connectivity index (χ4n) is 2.39. The highest BCUT2D eigenvalue weighted by molar-refractivity contribution is 7.10. The van der Waals surface area contributed by atoms with Crippen molar-refractivity contribution >= 4 is 11.3 Å². The molecule has 1 heterocycles. The van der Waals surface area contributed by atoms with Gasteiger partial charge in [0.25, 0.3) is 0 Å². The summed E-state index contributed by atoms with van der Waals surface area (Å²) in [6, 6.07) is 13.5. The number of rotatable bonds is 6. The van der Waals surface area contributed by atoms with Gasteiger partial charge in [-0.15, -0.1) is 11.3 Å². The average Bonchev–Trinajstić information content (AvgIpc) is 2.89. The van der Waals surface area contributed by atoms with E-state index in [-0.39, 0.29) is 0 Å². The van der Waals surface area contributed by atoms with E-state index < -0.39 is 0 Å². The smallest absolute Gasteiger partial charge is 0.0438 e. The van der Waals surface area contributed by atoms with Gasteiger partial charge in [0.05, 0.1) is 0 Å². The van der Waals surface area contributed by atoms with E-state index in [1.165, 1.54) is 16.0 Å². The molecular weight excluding hydrogens is 250 g/mol. The molecule has 0 spiro atoms. The third-order valence-corrected chi connectivity index (χ3v) is 4.49. The monoisotopic (exact) mass is 273 g/mol. The summed E-state index contributed by atoms with van der Waals surface area (Å²) in [6.07, 6.45) is 1.10. The van der Waals surface area contributed by atoms with Crippen LogP contribution in [0.4, 0.5) is 0 Å². The molecule has 1 aromatic carbocycles. The van der Waals surface area contributed by atoms with E-state index in [4.69, 9.17) is 0 Å². The summed E-state index contributed by atoms with van der Waals surface area (Å²) in [4.78, 5) is 1.44. The Morgan fingerprint density at radius 2 is 1.89 bits per heavy atom. The first-order chi connectivity index (χ1) is 9.18. The Balaban J connectivity index is 1.92. The molecular formula is C17H23NS. The summed E-state index contributed by atoms with van der Waals surface area (Å²) in [5.41, 5.74) is 2.84. The third kappa shape index (κ3) is 3.92. The van der Waals surface area contributed by atoms with E-state index in [2.05, 4.69) is 67.9 Å². The molecule has 0 radical (unpaired) electrons. The molecule has 102 valence electrons. The maximum absolute atomic E-state index is 3.71. The number of aryl methyl sites for hydroxylation is 1. The highest BCUT2D eigenvalue weighted by Crippen LogP contribution is 2.25. The van der Waals surface area contributed by atoms with Crippen molar-refractivity contribution in [2.24, 2.45) is 5.92 Å². The fraction of sp³-hybridized carbons (Fsp3) is 0.412. The largest absolute Gasteiger partial charge is 0.309 e. The number of benzene rings is 1. The van der Waals surface area contributed by atoms with Gasteiger partial charge in [-0.25, -0.2) is 0 Å². The van der Waals surface area contributed by atoms with Gasteiger partial charge in [-0.05, 0) is 48.4 Å². The van der Waals surface area contributed by atoms with Gasteiger partial charge in [0.2, 0.25) is 0 Å². The molecule has 0 saturated heterocycles. The van der Waals surface area contributed by atoms with Crippen LogP contribution in [0.2, 0.25) is 0 Å². The number of nitrogens with one attached hydrogen (secondary N) is 1. The van der Waals surface area contributed by atoms with Gasteiger partial charge in [-0.2, -0.15) is 0 Å². The van der Waals surface area contributed by atoms with Crippen LogP contribution in [0.3, 0.4) is 0 Å². The topological polar surface area (TPSA) is 12.0 Å². The number of hydrogen-bond donors (Lipinski definition) is 1. The van der Waals surface area contributed by atoms with Gasteiger partial charge < -0.3 is 5.32 Å².